The highest BCUT2D eigenvalue weighted by molar-refractivity contribution is 5.80. The molecule has 6 N–H and O–H groups in total. The van der Waals surface area contributed by atoms with E-state index in [1.807, 2.05) is 6.08 Å². The predicted octanol–water partition coefficient (Wildman–Crippen LogP) is 19.0. The van der Waals surface area contributed by atoms with E-state index in [-0.39, 0.29) is 13.0 Å². The Morgan fingerprint density at radius 1 is 0.459 bits per heavy atom. The van der Waals surface area contributed by atoms with Gasteiger partial charge in [0, 0.05) is 6.42 Å². The van der Waals surface area contributed by atoms with E-state index in [1.54, 1.807) is 6.08 Å². The summed E-state index contributed by atoms with van der Waals surface area (Å²) in [5.74, 6) is -1.18. The summed E-state index contributed by atoms with van der Waals surface area (Å²) in [5.41, 5.74) is 0. The van der Waals surface area contributed by atoms with Gasteiger partial charge in [0.1, 0.15) is 24.4 Å². The number of carbonyl (C=O) groups excluding carboxylic acids is 2. The van der Waals surface area contributed by atoms with Crippen LogP contribution in [0.5, 0.6) is 0 Å². The fraction of sp³-hybridized carbons (Fsp3) is 0.892. The average molecular weight is 1200 g/mol. The molecule has 11 heteroatoms. The van der Waals surface area contributed by atoms with Crippen molar-refractivity contribution in [3.63, 3.8) is 0 Å². The van der Waals surface area contributed by atoms with E-state index < -0.39 is 67.4 Å². The van der Waals surface area contributed by atoms with E-state index in [2.05, 4.69) is 50.4 Å². The Kier molecular flexibility index (Phi) is 59.1. The number of aliphatic hydroxyl groups excluding tert-OH is 5. The largest absolute Gasteiger partial charge is 0.454 e. The monoisotopic (exact) mass is 1200 g/mol. The van der Waals surface area contributed by atoms with Crippen molar-refractivity contribution in [1.82, 2.24) is 5.32 Å². The van der Waals surface area contributed by atoms with Crippen LogP contribution in [0.25, 0.3) is 0 Å². The molecule has 0 radical (unpaired) electrons. The van der Waals surface area contributed by atoms with Crippen LogP contribution < -0.4 is 5.32 Å². The van der Waals surface area contributed by atoms with Crippen LogP contribution in [0.1, 0.15) is 361 Å². The first-order valence-electron chi connectivity index (χ1n) is 36.8. The topological polar surface area (TPSA) is 175 Å². The van der Waals surface area contributed by atoms with Gasteiger partial charge in [0.15, 0.2) is 12.4 Å². The summed E-state index contributed by atoms with van der Waals surface area (Å²) >= 11 is 0. The summed E-state index contributed by atoms with van der Waals surface area (Å²) in [4.78, 5) is 26.7. The Bertz CT molecular complexity index is 1520. The molecule has 8 unspecified atom stereocenters. The molecule has 0 spiro atoms. The number of rotatable bonds is 64. The molecule has 8 atom stereocenters. The fourth-order valence-electron chi connectivity index (χ4n) is 11.7. The minimum atomic E-state index is -1.61. The maximum absolute atomic E-state index is 13.5. The molecule has 0 saturated carbocycles. The third-order valence-electron chi connectivity index (χ3n) is 17.5. The van der Waals surface area contributed by atoms with Gasteiger partial charge in [-0.05, 0) is 57.8 Å². The maximum Gasteiger partial charge on any atom is 0.306 e. The molecule has 1 heterocycles. The molecule has 1 saturated heterocycles. The quantitative estimate of drug-likeness (QED) is 0.0195. The molecule has 500 valence electrons. The molecule has 0 aromatic heterocycles. The third kappa shape index (κ3) is 49.4. The number of hydrogen-bond acceptors (Lipinski definition) is 10. The van der Waals surface area contributed by atoms with Crippen molar-refractivity contribution in [2.24, 2.45) is 0 Å². The second kappa shape index (κ2) is 62.1. The summed E-state index contributed by atoms with van der Waals surface area (Å²) in [5, 5.41) is 57.3. The van der Waals surface area contributed by atoms with Crippen LogP contribution >= 0.6 is 0 Å². The molecule has 0 bridgehead atoms. The molecule has 1 rings (SSSR count). The number of unbranched alkanes of at least 4 members (excludes halogenated alkanes) is 46. The summed E-state index contributed by atoms with van der Waals surface area (Å²) in [6, 6.07) is -1.02. The van der Waals surface area contributed by atoms with Gasteiger partial charge in [-0.2, -0.15) is 0 Å². The lowest BCUT2D eigenvalue weighted by molar-refractivity contribution is -0.305. The third-order valence-corrected chi connectivity index (χ3v) is 17.5. The van der Waals surface area contributed by atoms with Crippen molar-refractivity contribution in [3.05, 3.63) is 36.5 Å². The van der Waals surface area contributed by atoms with Crippen molar-refractivity contribution in [2.75, 3.05) is 13.2 Å². The zero-order valence-corrected chi connectivity index (χ0v) is 55.8. The number of carbonyl (C=O) groups is 2. The van der Waals surface area contributed by atoms with Gasteiger partial charge >= 0.3 is 5.97 Å². The number of amides is 1. The van der Waals surface area contributed by atoms with Crippen molar-refractivity contribution in [2.45, 2.75) is 410 Å². The van der Waals surface area contributed by atoms with Gasteiger partial charge in [0.25, 0.3) is 0 Å². The minimum absolute atomic E-state index is 0.130. The first-order valence-corrected chi connectivity index (χ1v) is 36.8. The van der Waals surface area contributed by atoms with Crippen molar-refractivity contribution < 1.29 is 49.3 Å². The van der Waals surface area contributed by atoms with E-state index in [9.17, 15) is 35.1 Å². The molecule has 1 amide bonds. The molecular formula is C74H139NO10. The summed E-state index contributed by atoms with van der Waals surface area (Å²) in [7, 11) is 0. The lowest BCUT2D eigenvalue weighted by Crippen LogP contribution is -2.61. The predicted molar refractivity (Wildman–Crippen MR) is 357 cm³/mol. The van der Waals surface area contributed by atoms with Gasteiger partial charge < -0.3 is 45.1 Å². The standard InChI is InChI=1S/C74H139NO10/c1-4-7-10-13-16-19-22-24-26-28-30-32-33-34-36-37-39-41-43-46-49-52-55-58-61-67(78)73(82)75-65(66(77)60-57-54-51-48-45-21-18-15-12-9-6-3)64-83-74-72(71(81)70(80)68(63-76)84-74)85-69(79)62-59-56-53-50-47-44-42-40-38-35-31-29-27-25-23-20-17-14-11-8-5-2/h16,19,24,26,57,60,65-68,70-72,74,76-78,80-81H,4-15,17-18,20-23,25,27-56,58-59,61-64H2,1-3H3,(H,75,82)/b19-16-,26-24-,60-57+. The molecule has 85 heavy (non-hydrogen) atoms. The smallest absolute Gasteiger partial charge is 0.306 e. The van der Waals surface area contributed by atoms with E-state index in [4.69, 9.17) is 14.2 Å². The van der Waals surface area contributed by atoms with Gasteiger partial charge in [-0.15, -0.1) is 0 Å². The van der Waals surface area contributed by atoms with Crippen LogP contribution in [0, 0.1) is 0 Å². The normalized spacial score (nSPS) is 18.5. The lowest BCUT2D eigenvalue weighted by atomic mass is 9.99. The van der Waals surface area contributed by atoms with Gasteiger partial charge in [-0.1, -0.05) is 333 Å². The molecule has 0 aromatic carbocycles. The SMILES string of the molecule is CCCCC/C=C\C/C=C\CCCCCCCCCCCCCCCCC(O)C(=O)NC(COC1OC(CO)C(O)C(O)C1OC(=O)CCCCCCCCCCCCCCCCCCCCCCC)C(O)/C=C/CCCCCCCCCCC. The van der Waals surface area contributed by atoms with Crippen LogP contribution in [-0.4, -0.2) is 99.6 Å². The Labute approximate surface area is 523 Å². The molecular weight excluding hydrogens is 1060 g/mol. The molecule has 1 aliphatic rings. The van der Waals surface area contributed by atoms with Gasteiger partial charge in [-0.3, -0.25) is 9.59 Å². The van der Waals surface area contributed by atoms with E-state index in [1.165, 1.54) is 250 Å². The molecule has 11 nitrogen and oxygen atoms in total. The van der Waals surface area contributed by atoms with Crippen LogP contribution in [0.3, 0.4) is 0 Å². The Morgan fingerprint density at radius 3 is 1.22 bits per heavy atom. The Balaban J connectivity index is 2.52. The first-order chi connectivity index (χ1) is 41.7. The molecule has 1 fully saturated rings. The molecule has 0 aliphatic carbocycles. The number of esters is 1. The number of allylic oxidation sites excluding steroid dienone is 5. The van der Waals surface area contributed by atoms with Crippen LogP contribution in [0.15, 0.2) is 36.5 Å². The second-order valence-corrected chi connectivity index (χ2v) is 25.7. The highest BCUT2D eigenvalue weighted by Crippen LogP contribution is 2.27. The van der Waals surface area contributed by atoms with Crippen LogP contribution in [0.2, 0.25) is 0 Å². The fourth-order valence-corrected chi connectivity index (χ4v) is 11.7. The van der Waals surface area contributed by atoms with Gasteiger partial charge in [-0.25, -0.2) is 0 Å². The summed E-state index contributed by atoms with van der Waals surface area (Å²) in [6.45, 7) is 5.82. The summed E-state index contributed by atoms with van der Waals surface area (Å²) in [6.07, 6.45) is 66.2. The lowest BCUT2D eigenvalue weighted by Gasteiger charge is -2.41. The highest BCUT2D eigenvalue weighted by Gasteiger charge is 2.47. The Hall–Kier alpha value is -2.12. The van der Waals surface area contributed by atoms with Crippen LogP contribution in [0.4, 0.5) is 0 Å². The maximum atomic E-state index is 13.5. The Morgan fingerprint density at radius 2 is 0.812 bits per heavy atom. The minimum Gasteiger partial charge on any atom is -0.454 e. The van der Waals surface area contributed by atoms with Gasteiger partial charge in [0.05, 0.1) is 25.4 Å². The molecule has 1 aliphatic heterocycles. The second-order valence-electron chi connectivity index (χ2n) is 25.7. The zero-order valence-electron chi connectivity index (χ0n) is 55.8. The van der Waals surface area contributed by atoms with Crippen molar-refractivity contribution >= 4 is 11.9 Å². The number of ether oxygens (including phenoxy) is 3. The van der Waals surface area contributed by atoms with E-state index >= 15 is 0 Å². The first kappa shape index (κ1) is 80.9. The number of hydrogen-bond donors (Lipinski definition) is 6. The zero-order chi connectivity index (χ0) is 61.7. The number of nitrogens with one attached hydrogen (secondary N) is 1. The highest BCUT2D eigenvalue weighted by atomic mass is 16.7. The van der Waals surface area contributed by atoms with Gasteiger partial charge in [0.2, 0.25) is 5.91 Å². The summed E-state index contributed by atoms with van der Waals surface area (Å²) < 4.78 is 17.7. The average Bonchev–Trinajstić information content (AvgIpc) is 3.69. The van der Waals surface area contributed by atoms with E-state index in [0.717, 1.165) is 64.2 Å². The van der Waals surface area contributed by atoms with Crippen LogP contribution in [-0.2, 0) is 23.8 Å². The molecule has 0 aromatic rings. The van der Waals surface area contributed by atoms with Crippen molar-refractivity contribution in [3.8, 4) is 0 Å². The van der Waals surface area contributed by atoms with E-state index in [0.29, 0.717) is 19.3 Å². The number of aliphatic hydroxyl groups is 5. The van der Waals surface area contributed by atoms with Crippen molar-refractivity contribution in [1.29, 1.82) is 0 Å².